The van der Waals surface area contributed by atoms with Crippen molar-refractivity contribution in [2.45, 2.75) is 44.7 Å². The van der Waals surface area contributed by atoms with Gasteiger partial charge in [-0.3, -0.25) is 9.59 Å². The number of carbonyl (C=O) groups is 1. The van der Waals surface area contributed by atoms with Gasteiger partial charge in [-0.15, -0.1) is 0 Å². The van der Waals surface area contributed by atoms with Gasteiger partial charge in [-0.25, -0.2) is 0 Å². The van der Waals surface area contributed by atoms with Crippen molar-refractivity contribution < 1.29 is 4.79 Å². The first-order valence-electron chi connectivity index (χ1n) is 8.23. The van der Waals surface area contributed by atoms with Gasteiger partial charge in [0.2, 0.25) is 5.91 Å². The summed E-state index contributed by atoms with van der Waals surface area (Å²) in [4.78, 5) is 24.7. The smallest absolute Gasteiger partial charge is 0.253 e. The number of carbonyl (C=O) groups excluding carboxylic acids is 1. The molecule has 0 atom stereocenters. The molecule has 1 amide bonds. The number of benzene rings is 1. The van der Waals surface area contributed by atoms with E-state index in [1.807, 2.05) is 24.3 Å². The molecule has 1 fully saturated rings. The van der Waals surface area contributed by atoms with E-state index in [1.54, 1.807) is 25.3 Å². The van der Waals surface area contributed by atoms with E-state index in [0.717, 1.165) is 31.2 Å². The van der Waals surface area contributed by atoms with Crippen LogP contribution in [0.5, 0.6) is 0 Å². The Morgan fingerprint density at radius 2 is 1.88 bits per heavy atom. The van der Waals surface area contributed by atoms with Crippen LogP contribution in [-0.4, -0.2) is 10.5 Å². The lowest BCUT2D eigenvalue weighted by molar-refractivity contribution is -0.123. The molecule has 0 saturated heterocycles. The van der Waals surface area contributed by atoms with E-state index in [1.165, 1.54) is 4.57 Å². The Kier molecular flexibility index (Phi) is 4.76. The lowest BCUT2D eigenvalue weighted by Crippen LogP contribution is -2.46. The van der Waals surface area contributed by atoms with Crippen LogP contribution in [-0.2, 0) is 16.9 Å². The molecule has 1 aromatic heterocycles. The fourth-order valence-electron chi connectivity index (χ4n) is 3.48. The molecule has 1 aromatic carbocycles. The normalized spacial score (nSPS) is 16.1. The standard InChI is InChI=1S/C19H21ClN2O2/c1-14-5-4-12-22(18(14)24)13-17(23)21-19(10-2-3-11-19)15-6-8-16(20)9-7-15/h4-9,12H,2-3,10-11,13H2,1H3,(H,21,23). The number of hydrogen-bond donors (Lipinski definition) is 1. The molecule has 0 spiro atoms. The number of aryl methyl sites for hydroxylation is 1. The van der Waals surface area contributed by atoms with Crippen molar-refractivity contribution in [2.24, 2.45) is 0 Å². The van der Waals surface area contributed by atoms with Crippen LogP contribution in [0.2, 0.25) is 5.02 Å². The number of pyridine rings is 1. The van der Waals surface area contributed by atoms with Crippen LogP contribution in [0.15, 0.2) is 47.4 Å². The van der Waals surface area contributed by atoms with E-state index >= 15 is 0 Å². The largest absolute Gasteiger partial charge is 0.345 e. The van der Waals surface area contributed by atoms with Crippen molar-refractivity contribution >= 4 is 17.5 Å². The molecule has 1 saturated carbocycles. The molecule has 1 aliphatic carbocycles. The number of aromatic nitrogens is 1. The molecular weight excluding hydrogens is 324 g/mol. The van der Waals surface area contributed by atoms with Gasteiger partial charge in [-0.1, -0.05) is 42.6 Å². The quantitative estimate of drug-likeness (QED) is 0.924. The number of amides is 1. The van der Waals surface area contributed by atoms with Gasteiger partial charge in [0.1, 0.15) is 6.54 Å². The Labute approximate surface area is 146 Å². The number of nitrogens with one attached hydrogen (secondary N) is 1. The van der Waals surface area contributed by atoms with E-state index in [0.29, 0.717) is 10.6 Å². The average Bonchev–Trinajstić information content (AvgIpc) is 3.02. The molecule has 0 unspecified atom stereocenters. The fraction of sp³-hybridized carbons (Fsp3) is 0.368. The van der Waals surface area contributed by atoms with Gasteiger partial charge in [0, 0.05) is 16.8 Å². The van der Waals surface area contributed by atoms with Gasteiger partial charge >= 0.3 is 0 Å². The number of rotatable bonds is 4. The Bertz CT molecular complexity index is 790. The van der Waals surface area contributed by atoms with Crippen molar-refractivity contribution in [1.29, 1.82) is 0 Å². The molecule has 1 heterocycles. The highest BCUT2D eigenvalue weighted by molar-refractivity contribution is 6.30. The maximum atomic E-state index is 12.6. The monoisotopic (exact) mass is 344 g/mol. The summed E-state index contributed by atoms with van der Waals surface area (Å²) in [6, 6.07) is 11.2. The van der Waals surface area contributed by atoms with Crippen LogP contribution >= 0.6 is 11.6 Å². The van der Waals surface area contributed by atoms with Crippen molar-refractivity contribution in [1.82, 2.24) is 9.88 Å². The van der Waals surface area contributed by atoms with E-state index in [-0.39, 0.29) is 23.6 Å². The SMILES string of the molecule is Cc1cccn(CC(=O)NC2(c3ccc(Cl)cc3)CCCC2)c1=O. The van der Waals surface area contributed by atoms with Gasteiger partial charge in [0.15, 0.2) is 0 Å². The summed E-state index contributed by atoms with van der Waals surface area (Å²) in [5, 5.41) is 3.87. The highest BCUT2D eigenvalue weighted by atomic mass is 35.5. The topological polar surface area (TPSA) is 51.1 Å². The molecular formula is C19H21ClN2O2. The Hall–Kier alpha value is -2.07. The third-order valence-electron chi connectivity index (χ3n) is 4.76. The van der Waals surface area contributed by atoms with Gasteiger partial charge in [-0.2, -0.15) is 0 Å². The minimum atomic E-state index is -0.352. The van der Waals surface area contributed by atoms with E-state index in [4.69, 9.17) is 11.6 Å². The summed E-state index contributed by atoms with van der Waals surface area (Å²) in [7, 11) is 0. The molecule has 3 rings (SSSR count). The zero-order valence-electron chi connectivity index (χ0n) is 13.7. The maximum Gasteiger partial charge on any atom is 0.253 e. The zero-order valence-corrected chi connectivity index (χ0v) is 14.5. The molecule has 4 nitrogen and oxygen atoms in total. The second kappa shape index (κ2) is 6.81. The summed E-state index contributed by atoms with van der Waals surface area (Å²) in [5.41, 5.74) is 1.24. The highest BCUT2D eigenvalue weighted by Gasteiger charge is 2.36. The minimum Gasteiger partial charge on any atom is -0.345 e. The first-order chi connectivity index (χ1) is 11.5. The first-order valence-corrected chi connectivity index (χ1v) is 8.61. The van der Waals surface area contributed by atoms with Crippen LogP contribution in [0.3, 0.4) is 0 Å². The van der Waals surface area contributed by atoms with Crippen LogP contribution in [0, 0.1) is 6.92 Å². The van der Waals surface area contributed by atoms with Crippen molar-refractivity contribution in [3.05, 3.63) is 69.1 Å². The highest BCUT2D eigenvalue weighted by Crippen LogP contribution is 2.39. The lowest BCUT2D eigenvalue weighted by atomic mass is 9.88. The zero-order chi connectivity index (χ0) is 17.2. The Balaban J connectivity index is 1.81. The maximum absolute atomic E-state index is 12.6. The third-order valence-corrected chi connectivity index (χ3v) is 5.01. The predicted molar refractivity (Wildman–Crippen MR) is 95.2 cm³/mol. The second-order valence-corrected chi connectivity index (χ2v) is 6.90. The number of nitrogens with zero attached hydrogens (tertiary/aromatic N) is 1. The van der Waals surface area contributed by atoms with Crippen molar-refractivity contribution in [2.75, 3.05) is 0 Å². The first kappa shape index (κ1) is 16.8. The molecule has 126 valence electrons. The molecule has 1 N–H and O–H groups in total. The molecule has 1 aliphatic rings. The second-order valence-electron chi connectivity index (χ2n) is 6.47. The molecule has 24 heavy (non-hydrogen) atoms. The van der Waals surface area contributed by atoms with Gasteiger partial charge < -0.3 is 9.88 Å². The fourth-order valence-corrected chi connectivity index (χ4v) is 3.60. The summed E-state index contributed by atoms with van der Waals surface area (Å²) < 4.78 is 1.45. The Morgan fingerprint density at radius 3 is 2.54 bits per heavy atom. The van der Waals surface area contributed by atoms with E-state index in [9.17, 15) is 9.59 Å². The van der Waals surface area contributed by atoms with Crippen LogP contribution in [0.4, 0.5) is 0 Å². The summed E-state index contributed by atoms with van der Waals surface area (Å²) >= 11 is 5.98. The van der Waals surface area contributed by atoms with Crippen LogP contribution in [0.25, 0.3) is 0 Å². The molecule has 0 aliphatic heterocycles. The molecule has 0 bridgehead atoms. The van der Waals surface area contributed by atoms with Gasteiger partial charge in [-0.05, 0) is 43.5 Å². The third kappa shape index (κ3) is 3.39. The summed E-state index contributed by atoms with van der Waals surface area (Å²) in [6.07, 6.45) is 5.62. The number of halogens is 1. The summed E-state index contributed by atoms with van der Waals surface area (Å²) in [5.74, 6) is -0.139. The average molecular weight is 345 g/mol. The summed E-state index contributed by atoms with van der Waals surface area (Å²) in [6.45, 7) is 1.79. The van der Waals surface area contributed by atoms with Gasteiger partial charge in [0.05, 0.1) is 5.54 Å². The number of hydrogen-bond acceptors (Lipinski definition) is 2. The van der Waals surface area contributed by atoms with E-state index < -0.39 is 0 Å². The predicted octanol–water partition coefficient (Wildman–Crippen LogP) is 3.40. The lowest BCUT2D eigenvalue weighted by Gasteiger charge is -2.31. The molecule has 2 aromatic rings. The van der Waals surface area contributed by atoms with Crippen molar-refractivity contribution in [3.8, 4) is 0 Å². The Morgan fingerprint density at radius 1 is 1.21 bits per heavy atom. The minimum absolute atomic E-state index is 0.0376. The van der Waals surface area contributed by atoms with Gasteiger partial charge in [0.25, 0.3) is 5.56 Å². The van der Waals surface area contributed by atoms with Crippen LogP contribution in [0.1, 0.15) is 36.8 Å². The van der Waals surface area contributed by atoms with E-state index in [2.05, 4.69) is 5.32 Å². The van der Waals surface area contributed by atoms with Crippen LogP contribution < -0.4 is 10.9 Å². The van der Waals surface area contributed by atoms with Crippen molar-refractivity contribution in [3.63, 3.8) is 0 Å². The molecule has 0 radical (unpaired) electrons. The molecule has 5 heteroatoms.